The third-order valence-corrected chi connectivity index (χ3v) is 4.49. The van der Waals surface area contributed by atoms with Crippen LogP contribution in [0.5, 0.6) is 5.75 Å². The first-order chi connectivity index (χ1) is 12.8. The maximum atomic E-state index is 12.4. The fourth-order valence-electron chi connectivity index (χ4n) is 3.33. The third-order valence-electron chi connectivity index (χ3n) is 4.49. The van der Waals surface area contributed by atoms with E-state index in [1.54, 1.807) is 18.2 Å². The summed E-state index contributed by atoms with van der Waals surface area (Å²) in [5, 5.41) is 2.65. The molecule has 2 heterocycles. The van der Waals surface area contributed by atoms with Crippen molar-refractivity contribution in [1.82, 2.24) is 4.57 Å². The summed E-state index contributed by atoms with van der Waals surface area (Å²) in [5.74, 6) is -0.662. The van der Waals surface area contributed by atoms with Gasteiger partial charge in [0.1, 0.15) is 5.75 Å². The molecular formula is C20H22N2O5. The summed E-state index contributed by atoms with van der Waals surface area (Å²) in [6.07, 6.45) is 0. The molecule has 0 bridgehead atoms. The zero-order valence-electron chi connectivity index (χ0n) is 15.8. The second-order valence-electron chi connectivity index (χ2n) is 6.80. The molecule has 1 N–H and O–H groups in total. The Bertz CT molecular complexity index is 927. The predicted molar refractivity (Wildman–Crippen MR) is 99.5 cm³/mol. The number of amides is 1. The molecule has 0 unspecified atom stereocenters. The molecule has 2 aromatic rings. The van der Waals surface area contributed by atoms with E-state index >= 15 is 0 Å². The average Bonchev–Trinajstić information content (AvgIpc) is 2.93. The van der Waals surface area contributed by atoms with E-state index in [0.29, 0.717) is 22.6 Å². The Morgan fingerprint density at radius 1 is 1.26 bits per heavy atom. The van der Waals surface area contributed by atoms with E-state index in [0.717, 1.165) is 11.4 Å². The fraction of sp³-hybridized carbons (Fsp3) is 0.350. The van der Waals surface area contributed by atoms with E-state index in [-0.39, 0.29) is 30.9 Å². The molecule has 0 radical (unpaired) electrons. The molecule has 0 saturated heterocycles. The van der Waals surface area contributed by atoms with E-state index in [2.05, 4.69) is 5.32 Å². The number of nitrogens with one attached hydrogen (secondary N) is 1. The van der Waals surface area contributed by atoms with Gasteiger partial charge in [-0.3, -0.25) is 9.59 Å². The number of Topliss-reactive ketones (excluding diaryl/α,β-unsaturated/α-hetero) is 1. The molecule has 27 heavy (non-hydrogen) atoms. The van der Waals surface area contributed by atoms with E-state index in [9.17, 15) is 14.4 Å². The lowest BCUT2D eigenvalue weighted by Crippen LogP contribution is -2.25. The van der Waals surface area contributed by atoms with Gasteiger partial charge in [0.25, 0.3) is 5.91 Å². The van der Waals surface area contributed by atoms with Gasteiger partial charge < -0.3 is 19.4 Å². The second kappa shape index (κ2) is 7.26. The molecular weight excluding hydrogens is 348 g/mol. The van der Waals surface area contributed by atoms with Gasteiger partial charge in [-0.15, -0.1) is 0 Å². The molecule has 142 valence electrons. The number of ketones is 1. The smallest absolute Gasteiger partial charge is 0.340 e. The molecule has 0 fully saturated rings. The summed E-state index contributed by atoms with van der Waals surface area (Å²) in [6, 6.07) is 6.71. The van der Waals surface area contributed by atoms with Crippen LogP contribution in [0.3, 0.4) is 0 Å². The molecule has 7 nitrogen and oxygen atoms in total. The van der Waals surface area contributed by atoms with Crippen molar-refractivity contribution < 1.29 is 23.9 Å². The highest BCUT2D eigenvalue weighted by Gasteiger charge is 2.21. The van der Waals surface area contributed by atoms with E-state index in [1.807, 2.05) is 32.3 Å². The number of aromatic nitrogens is 1. The van der Waals surface area contributed by atoms with Crippen molar-refractivity contribution in [3.05, 3.63) is 46.8 Å². The van der Waals surface area contributed by atoms with Crippen molar-refractivity contribution in [2.45, 2.75) is 33.7 Å². The van der Waals surface area contributed by atoms with Gasteiger partial charge in [0.2, 0.25) is 0 Å². The van der Waals surface area contributed by atoms with Gasteiger partial charge in [-0.25, -0.2) is 4.79 Å². The van der Waals surface area contributed by atoms with Gasteiger partial charge in [0.15, 0.2) is 19.0 Å². The number of hydrogen-bond donors (Lipinski definition) is 1. The number of nitrogens with zero attached hydrogens (tertiary/aromatic N) is 1. The minimum absolute atomic E-state index is 0.0489. The molecule has 1 aromatic carbocycles. The number of hydrogen-bond acceptors (Lipinski definition) is 5. The summed E-state index contributed by atoms with van der Waals surface area (Å²) in [4.78, 5) is 36.2. The molecule has 0 spiro atoms. The van der Waals surface area contributed by atoms with Crippen LogP contribution >= 0.6 is 0 Å². The average molecular weight is 370 g/mol. The molecule has 0 atom stereocenters. The number of aryl methyl sites for hydroxylation is 1. The first kappa shape index (κ1) is 18.7. The normalized spacial score (nSPS) is 13.0. The monoisotopic (exact) mass is 370 g/mol. The summed E-state index contributed by atoms with van der Waals surface area (Å²) in [7, 11) is 0. The highest BCUT2D eigenvalue weighted by Crippen LogP contribution is 2.28. The number of anilines is 1. The van der Waals surface area contributed by atoms with Gasteiger partial charge in [-0.05, 0) is 52.0 Å². The van der Waals surface area contributed by atoms with Crippen LogP contribution in [-0.2, 0) is 9.53 Å². The minimum atomic E-state index is -0.530. The Morgan fingerprint density at radius 2 is 2.00 bits per heavy atom. The largest absolute Gasteiger partial charge is 0.482 e. The van der Waals surface area contributed by atoms with E-state index < -0.39 is 5.97 Å². The molecule has 3 rings (SSSR count). The van der Waals surface area contributed by atoms with E-state index in [4.69, 9.17) is 9.47 Å². The summed E-state index contributed by atoms with van der Waals surface area (Å²) in [5.41, 5.74) is 3.00. The topological polar surface area (TPSA) is 86.6 Å². The first-order valence-corrected chi connectivity index (χ1v) is 8.73. The highest BCUT2D eigenvalue weighted by atomic mass is 16.5. The van der Waals surface area contributed by atoms with E-state index in [1.165, 1.54) is 6.07 Å². The molecule has 1 amide bonds. The van der Waals surface area contributed by atoms with Crippen LogP contribution in [0.15, 0.2) is 24.3 Å². The third kappa shape index (κ3) is 3.72. The van der Waals surface area contributed by atoms with Crippen LogP contribution in [0.25, 0.3) is 0 Å². The van der Waals surface area contributed by atoms with Gasteiger partial charge in [0.05, 0.1) is 11.3 Å². The predicted octanol–water partition coefficient (Wildman–Crippen LogP) is 3.06. The molecule has 1 aliphatic rings. The van der Waals surface area contributed by atoms with Crippen LogP contribution in [0, 0.1) is 13.8 Å². The number of carbonyl (C=O) groups is 3. The Kier molecular flexibility index (Phi) is 5.03. The standard InChI is InChI=1S/C20H22N2O5/c1-11(2)22-12(3)7-15(13(22)4)20(25)27-9-17(23)14-5-6-18-16(8-14)21-19(24)10-26-18/h5-8,11H,9-10H2,1-4H3,(H,21,24). The Balaban J connectivity index is 1.69. The molecule has 0 aliphatic carbocycles. The lowest BCUT2D eigenvalue weighted by Gasteiger charge is -2.18. The summed E-state index contributed by atoms with van der Waals surface area (Å²) in [6.45, 7) is 7.44. The number of esters is 1. The van der Waals surface area contributed by atoms with Gasteiger partial charge in [0, 0.05) is 23.0 Å². The van der Waals surface area contributed by atoms with Crippen molar-refractivity contribution >= 4 is 23.3 Å². The molecule has 0 saturated carbocycles. The molecule has 1 aliphatic heterocycles. The summed E-state index contributed by atoms with van der Waals surface area (Å²) < 4.78 is 12.5. The van der Waals surface area contributed by atoms with Crippen LogP contribution in [0.1, 0.15) is 52.0 Å². The fourth-order valence-corrected chi connectivity index (χ4v) is 3.33. The zero-order valence-corrected chi connectivity index (χ0v) is 15.8. The maximum absolute atomic E-state index is 12.4. The van der Waals surface area contributed by atoms with Crippen LogP contribution in [0.2, 0.25) is 0 Å². The van der Waals surface area contributed by atoms with Crippen molar-refractivity contribution in [1.29, 1.82) is 0 Å². The molecule has 7 heteroatoms. The SMILES string of the molecule is Cc1cc(C(=O)OCC(=O)c2ccc3c(c2)NC(=O)CO3)c(C)n1C(C)C. The quantitative estimate of drug-likeness (QED) is 0.646. The van der Waals surface area contributed by atoms with Crippen molar-refractivity contribution in [2.24, 2.45) is 0 Å². The minimum Gasteiger partial charge on any atom is -0.482 e. The van der Waals surface area contributed by atoms with Crippen LogP contribution < -0.4 is 10.1 Å². The summed E-state index contributed by atoms with van der Waals surface area (Å²) >= 11 is 0. The Hall–Kier alpha value is -3.09. The Labute approximate surface area is 157 Å². The van der Waals surface area contributed by atoms with Crippen molar-refractivity contribution in [2.75, 3.05) is 18.5 Å². The van der Waals surface area contributed by atoms with Gasteiger partial charge in [-0.1, -0.05) is 0 Å². The number of rotatable bonds is 5. The number of ether oxygens (including phenoxy) is 2. The van der Waals surface area contributed by atoms with Crippen molar-refractivity contribution in [3.8, 4) is 5.75 Å². The lowest BCUT2D eigenvalue weighted by molar-refractivity contribution is -0.118. The first-order valence-electron chi connectivity index (χ1n) is 8.73. The number of benzene rings is 1. The number of fused-ring (bicyclic) bond motifs is 1. The highest BCUT2D eigenvalue weighted by molar-refractivity contribution is 6.02. The molecule has 1 aromatic heterocycles. The van der Waals surface area contributed by atoms with Gasteiger partial charge >= 0.3 is 5.97 Å². The lowest BCUT2D eigenvalue weighted by atomic mass is 10.1. The van der Waals surface area contributed by atoms with Gasteiger partial charge in [-0.2, -0.15) is 0 Å². The van der Waals surface area contributed by atoms with Crippen LogP contribution in [0.4, 0.5) is 5.69 Å². The van der Waals surface area contributed by atoms with Crippen molar-refractivity contribution in [3.63, 3.8) is 0 Å². The Morgan fingerprint density at radius 3 is 2.67 bits per heavy atom. The second-order valence-corrected chi connectivity index (χ2v) is 6.80. The number of carbonyl (C=O) groups excluding carboxylic acids is 3. The zero-order chi connectivity index (χ0) is 19.7. The van der Waals surface area contributed by atoms with Crippen LogP contribution in [-0.4, -0.2) is 35.4 Å². The maximum Gasteiger partial charge on any atom is 0.340 e.